The fourth-order valence-electron chi connectivity index (χ4n) is 1.71. The van der Waals surface area contributed by atoms with Crippen LogP contribution in [-0.2, 0) is 6.54 Å². The minimum Gasteiger partial charge on any atom is -0.385 e. The summed E-state index contributed by atoms with van der Waals surface area (Å²) < 4.78 is 0. The molecule has 0 spiro atoms. The van der Waals surface area contributed by atoms with Gasteiger partial charge >= 0.3 is 0 Å². The van der Waals surface area contributed by atoms with E-state index in [9.17, 15) is 10.1 Å². The zero-order chi connectivity index (χ0) is 14.4. The summed E-state index contributed by atoms with van der Waals surface area (Å²) in [5.41, 5.74) is 2.10. The van der Waals surface area contributed by atoms with Crippen LogP contribution in [0.5, 0.6) is 0 Å². The number of rotatable bonds is 7. The molecule has 0 amide bonds. The number of benzene rings is 1. The van der Waals surface area contributed by atoms with Crippen molar-refractivity contribution in [1.82, 2.24) is 4.90 Å². The van der Waals surface area contributed by atoms with Crippen molar-refractivity contribution < 1.29 is 4.92 Å². The summed E-state index contributed by atoms with van der Waals surface area (Å²) in [7, 11) is 2.02. The maximum absolute atomic E-state index is 10.9. The molecule has 1 rings (SSSR count). The van der Waals surface area contributed by atoms with Crippen LogP contribution in [0.3, 0.4) is 0 Å². The Morgan fingerprint density at radius 3 is 2.63 bits per heavy atom. The number of non-ortho nitro benzene ring substituents is 1. The molecule has 0 aromatic heterocycles. The first-order valence-electron chi connectivity index (χ1n) is 6.67. The SMILES string of the molecule is CCCNc1ccc([N+](=O)[O-])cc1CN(C)C(C)C. The van der Waals surface area contributed by atoms with Gasteiger partial charge in [-0.3, -0.25) is 15.0 Å². The lowest BCUT2D eigenvalue weighted by atomic mass is 10.1. The maximum atomic E-state index is 10.9. The summed E-state index contributed by atoms with van der Waals surface area (Å²) in [6.45, 7) is 7.88. The van der Waals surface area contributed by atoms with E-state index in [1.807, 2.05) is 7.05 Å². The minimum atomic E-state index is -0.345. The van der Waals surface area contributed by atoms with Crippen LogP contribution in [0.15, 0.2) is 18.2 Å². The third kappa shape index (κ3) is 4.52. The highest BCUT2D eigenvalue weighted by Gasteiger charge is 2.13. The van der Waals surface area contributed by atoms with Crippen LogP contribution in [0.25, 0.3) is 0 Å². The fraction of sp³-hybridized carbons (Fsp3) is 0.571. The summed E-state index contributed by atoms with van der Waals surface area (Å²) in [6, 6.07) is 5.42. The molecule has 0 saturated heterocycles. The minimum absolute atomic E-state index is 0.147. The molecular formula is C14H23N3O2. The predicted molar refractivity (Wildman–Crippen MR) is 78.5 cm³/mol. The van der Waals surface area contributed by atoms with Gasteiger partial charge in [0.15, 0.2) is 0 Å². The molecule has 19 heavy (non-hydrogen) atoms. The lowest BCUT2D eigenvalue weighted by Crippen LogP contribution is -2.26. The van der Waals surface area contributed by atoms with Crippen LogP contribution in [0, 0.1) is 10.1 Å². The lowest BCUT2D eigenvalue weighted by molar-refractivity contribution is -0.384. The zero-order valence-corrected chi connectivity index (χ0v) is 12.1. The molecule has 5 heteroatoms. The van der Waals surface area contributed by atoms with Gasteiger partial charge in [-0.25, -0.2) is 0 Å². The van der Waals surface area contributed by atoms with Crippen molar-refractivity contribution in [3.63, 3.8) is 0 Å². The van der Waals surface area contributed by atoms with Crippen molar-refractivity contribution in [2.24, 2.45) is 0 Å². The monoisotopic (exact) mass is 265 g/mol. The van der Waals surface area contributed by atoms with Gasteiger partial charge < -0.3 is 5.32 Å². The van der Waals surface area contributed by atoms with Crippen LogP contribution in [0.1, 0.15) is 32.8 Å². The first kappa shape index (κ1) is 15.4. The van der Waals surface area contributed by atoms with Crippen molar-refractivity contribution in [2.75, 3.05) is 18.9 Å². The van der Waals surface area contributed by atoms with Gasteiger partial charge in [0.05, 0.1) is 4.92 Å². The molecule has 0 unspecified atom stereocenters. The Labute approximate surface area is 114 Å². The highest BCUT2D eigenvalue weighted by Crippen LogP contribution is 2.23. The van der Waals surface area contributed by atoms with E-state index in [0.29, 0.717) is 12.6 Å². The Bertz CT molecular complexity index is 433. The highest BCUT2D eigenvalue weighted by molar-refractivity contribution is 5.56. The standard InChI is InChI=1S/C14H23N3O2/c1-5-8-15-14-7-6-13(17(18)19)9-12(14)10-16(4)11(2)3/h6-7,9,11,15H,5,8,10H2,1-4H3. The topological polar surface area (TPSA) is 58.4 Å². The van der Waals surface area contributed by atoms with E-state index in [0.717, 1.165) is 24.2 Å². The van der Waals surface area contributed by atoms with Crippen LogP contribution in [-0.4, -0.2) is 29.5 Å². The van der Waals surface area contributed by atoms with Crippen LogP contribution < -0.4 is 5.32 Å². The Hall–Kier alpha value is -1.62. The lowest BCUT2D eigenvalue weighted by Gasteiger charge is -2.22. The maximum Gasteiger partial charge on any atom is 0.269 e. The third-order valence-corrected chi connectivity index (χ3v) is 3.17. The largest absolute Gasteiger partial charge is 0.385 e. The number of nitrogens with zero attached hydrogens (tertiary/aromatic N) is 2. The van der Waals surface area contributed by atoms with Crippen LogP contribution >= 0.6 is 0 Å². The first-order chi connectivity index (χ1) is 8.95. The van der Waals surface area contributed by atoms with Crippen molar-refractivity contribution in [3.8, 4) is 0 Å². The Morgan fingerprint density at radius 1 is 1.42 bits per heavy atom. The summed E-state index contributed by atoms with van der Waals surface area (Å²) in [4.78, 5) is 12.7. The average Bonchev–Trinajstić information content (AvgIpc) is 2.36. The summed E-state index contributed by atoms with van der Waals surface area (Å²) in [5.74, 6) is 0. The third-order valence-electron chi connectivity index (χ3n) is 3.17. The van der Waals surface area contributed by atoms with Gasteiger partial charge in [-0.05, 0) is 38.9 Å². The first-order valence-corrected chi connectivity index (χ1v) is 6.67. The molecule has 0 aliphatic rings. The van der Waals surface area contributed by atoms with Crippen molar-refractivity contribution in [1.29, 1.82) is 0 Å². The number of nitro groups is 1. The Kier molecular flexibility index (Phi) is 5.76. The zero-order valence-electron chi connectivity index (χ0n) is 12.1. The predicted octanol–water partition coefficient (Wildman–Crippen LogP) is 3.26. The quantitative estimate of drug-likeness (QED) is 0.607. The number of anilines is 1. The highest BCUT2D eigenvalue weighted by atomic mass is 16.6. The molecular weight excluding hydrogens is 242 g/mol. The van der Waals surface area contributed by atoms with Gasteiger partial charge in [0.2, 0.25) is 0 Å². The van der Waals surface area contributed by atoms with E-state index in [4.69, 9.17) is 0 Å². The number of hydrogen-bond acceptors (Lipinski definition) is 4. The van der Waals surface area contributed by atoms with E-state index >= 15 is 0 Å². The van der Waals surface area contributed by atoms with E-state index in [1.165, 1.54) is 0 Å². The average molecular weight is 265 g/mol. The summed E-state index contributed by atoms with van der Waals surface area (Å²) in [6.07, 6.45) is 1.02. The Morgan fingerprint density at radius 2 is 2.11 bits per heavy atom. The number of nitro benzene ring substituents is 1. The number of hydrogen-bond donors (Lipinski definition) is 1. The van der Waals surface area contributed by atoms with Gasteiger partial charge in [-0.1, -0.05) is 6.92 Å². The Balaban J connectivity index is 2.99. The smallest absolute Gasteiger partial charge is 0.269 e. The van der Waals surface area contributed by atoms with Crippen molar-refractivity contribution in [2.45, 2.75) is 39.8 Å². The van der Waals surface area contributed by atoms with Crippen LogP contribution in [0.2, 0.25) is 0 Å². The van der Waals surface area contributed by atoms with Gasteiger partial charge in [0, 0.05) is 37.0 Å². The molecule has 0 heterocycles. The van der Waals surface area contributed by atoms with E-state index in [-0.39, 0.29) is 10.6 Å². The van der Waals surface area contributed by atoms with E-state index in [2.05, 4.69) is 31.0 Å². The molecule has 106 valence electrons. The molecule has 5 nitrogen and oxygen atoms in total. The molecule has 0 atom stereocenters. The van der Waals surface area contributed by atoms with Crippen LogP contribution in [0.4, 0.5) is 11.4 Å². The van der Waals surface area contributed by atoms with E-state index < -0.39 is 0 Å². The molecule has 0 saturated carbocycles. The summed E-state index contributed by atoms with van der Waals surface area (Å²) >= 11 is 0. The number of nitrogens with one attached hydrogen (secondary N) is 1. The van der Waals surface area contributed by atoms with E-state index in [1.54, 1.807) is 18.2 Å². The van der Waals surface area contributed by atoms with Gasteiger partial charge in [-0.2, -0.15) is 0 Å². The van der Waals surface area contributed by atoms with Gasteiger partial charge in [0.1, 0.15) is 0 Å². The normalized spacial score (nSPS) is 11.1. The molecule has 1 N–H and O–H groups in total. The van der Waals surface area contributed by atoms with Gasteiger partial charge in [-0.15, -0.1) is 0 Å². The second-order valence-electron chi connectivity index (χ2n) is 5.03. The molecule has 0 fully saturated rings. The molecule has 0 aliphatic heterocycles. The second kappa shape index (κ2) is 7.09. The fourth-order valence-corrected chi connectivity index (χ4v) is 1.71. The molecule has 0 radical (unpaired) electrons. The molecule has 0 aliphatic carbocycles. The molecule has 0 bridgehead atoms. The molecule has 1 aromatic rings. The summed E-state index contributed by atoms with van der Waals surface area (Å²) in [5, 5.41) is 14.2. The van der Waals surface area contributed by atoms with Gasteiger partial charge in [0.25, 0.3) is 5.69 Å². The van der Waals surface area contributed by atoms with Crippen molar-refractivity contribution >= 4 is 11.4 Å². The van der Waals surface area contributed by atoms with Crippen molar-refractivity contribution in [3.05, 3.63) is 33.9 Å². The second-order valence-corrected chi connectivity index (χ2v) is 5.03. The molecule has 1 aromatic carbocycles.